The molecular weight excluding hydrogens is 284 g/mol. The lowest BCUT2D eigenvalue weighted by Crippen LogP contribution is -2.40. The molecule has 0 bridgehead atoms. The molecule has 0 radical (unpaired) electrons. The van der Waals surface area contributed by atoms with Gasteiger partial charge in [0, 0.05) is 30.3 Å². The molecule has 0 aromatic carbocycles. The predicted molar refractivity (Wildman–Crippen MR) is 82.3 cm³/mol. The Bertz CT molecular complexity index is 593. The Morgan fingerprint density at radius 3 is 3.19 bits per heavy atom. The molecule has 6 heteroatoms. The van der Waals surface area contributed by atoms with Crippen molar-refractivity contribution in [3.8, 4) is 0 Å². The minimum Gasteiger partial charge on any atom is -0.342 e. The number of nitrogens with one attached hydrogen (secondary N) is 1. The second-order valence-electron chi connectivity index (χ2n) is 5.43. The highest BCUT2D eigenvalue weighted by atomic mass is 32.1. The first kappa shape index (κ1) is 14.3. The highest BCUT2D eigenvalue weighted by molar-refractivity contribution is 7.10. The molecule has 5 nitrogen and oxygen atoms in total. The molecule has 1 amide bonds. The quantitative estimate of drug-likeness (QED) is 0.943. The number of aromatic amines is 1. The van der Waals surface area contributed by atoms with Gasteiger partial charge in [-0.3, -0.25) is 9.89 Å². The number of hydrogen-bond acceptors (Lipinski definition) is 4. The van der Waals surface area contributed by atoms with Gasteiger partial charge in [-0.1, -0.05) is 13.0 Å². The van der Waals surface area contributed by atoms with Crippen LogP contribution in [-0.4, -0.2) is 39.1 Å². The fourth-order valence-electron chi connectivity index (χ4n) is 2.74. The fraction of sp³-hybridized carbons (Fsp3) is 0.533. The number of thiophene rings is 1. The van der Waals surface area contributed by atoms with Gasteiger partial charge in [0.2, 0.25) is 5.91 Å². The number of nitrogens with zero attached hydrogens (tertiary/aromatic N) is 3. The largest absolute Gasteiger partial charge is 0.342 e. The van der Waals surface area contributed by atoms with Gasteiger partial charge in [0.25, 0.3) is 0 Å². The van der Waals surface area contributed by atoms with Crippen LogP contribution in [-0.2, 0) is 17.6 Å². The lowest BCUT2D eigenvalue weighted by atomic mass is 9.97. The fourth-order valence-corrected chi connectivity index (χ4v) is 3.44. The Hall–Kier alpha value is -1.69. The van der Waals surface area contributed by atoms with E-state index in [0.29, 0.717) is 6.42 Å². The summed E-state index contributed by atoms with van der Waals surface area (Å²) >= 11 is 1.64. The average molecular weight is 304 g/mol. The zero-order valence-electron chi connectivity index (χ0n) is 12.2. The Morgan fingerprint density at radius 1 is 1.57 bits per heavy atom. The molecule has 1 saturated heterocycles. The normalized spacial score (nSPS) is 18.9. The van der Waals surface area contributed by atoms with E-state index in [0.717, 1.165) is 48.9 Å². The third kappa shape index (κ3) is 3.32. The number of rotatable bonds is 4. The van der Waals surface area contributed by atoms with Crippen LogP contribution in [0.1, 0.15) is 42.2 Å². The first-order valence-corrected chi connectivity index (χ1v) is 8.35. The third-order valence-electron chi connectivity index (χ3n) is 3.93. The number of amides is 1. The summed E-state index contributed by atoms with van der Waals surface area (Å²) in [5.74, 6) is 2.27. The van der Waals surface area contributed by atoms with Gasteiger partial charge in [0.05, 0.1) is 6.42 Å². The molecule has 112 valence electrons. The van der Waals surface area contributed by atoms with E-state index < -0.39 is 0 Å². The summed E-state index contributed by atoms with van der Waals surface area (Å²) in [6.07, 6.45) is 3.46. The van der Waals surface area contributed by atoms with Crippen molar-refractivity contribution in [1.82, 2.24) is 20.1 Å². The topological polar surface area (TPSA) is 61.9 Å². The van der Waals surface area contributed by atoms with E-state index >= 15 is 0 Å². The van der Waals surface area contributed by atoms with Crippen LogP contribution in [0, 0.1) is 0 Å². The Labute approximate surface area is 128 Å². The van der Waals surface area contributed by atoms with E-state index in [4.69, 9.17) is 0 Å². The molecule has 1 fully saturated rings. The number of carbonyl (C=O) groups excluding carboxylic acids is 1. The molecule has 0 spiro atoms. The van der Waals surface area contributed by atoms with Gasteiger partial charge in [-0.05, 0) is 24.3 Å². The maximum absolute atomic E-state index is 12.4. The van der Waals surface area contributed by atoms with Crippen molar-refractivity contribution < 1.29 is 4.79 Å². The first-order valence-electron chi connectivity index (χ1n) is 7.47. The van der Waals surface area contributed by atoms with E-state index in [2.05, 4.69) is 22.1 Å². The number of piperidine rings is 1. The van der Waals surface area contributed by atoms with Crippen LogP contribution in [0.5, 0.6) is 0 Å². The van der Waals surface area contributed by atoms with Crippen molar-refractivity contribution >= 4 is 17.2 Å². The maximum atomic E-state index is 12.4. The highest BCUT2D eigenvalue weighted by Crippen LogP contribution is 2.25. The average Bonchev–Trinajstić information content (AvgIpc) is 3.18. The molecule has 2 aromatic rings. The number of aryl methyl sites for hydroxylation is 1. The molecule has 1 aliphatic heterocycles. The van der Waals surface area contributed by atoms with Crippen LogP contribution in [0.3, 0.4) is 0 Å². The van der Waals surface area contributed by atoms with Gasteiger partial charge in [-0.25, -0.2) is 4.98 Å². The van der Waals surface area contributed by atoms with Gasteiger partial charge >= 0.3 is 0 Å². The summed E-state index contributed by atoms with van der Waals surface area (Å²) < 4.78 is 0. The van der Waals surface area contributed by atoms with Crippen molar-refractivity contribution in [3.05, 3.63) is 34.0 Å². The number of hydrogen-bond donors (Lipinski definition) is 1. The predicted octanol–water partition coefficient (Wildman–Crippen LogP) is 2.38. The molecule has 2 aromatic heterocycles. The SMILES string of the molecule is CCc1nc(C2CCCN(C(=O)Cc3cccs3)C2)n[nH]1. The van der Waals surface area contributed by atoms with Crippen molar-refractivity contribution in [1.29, 1.82) is 0 Å². The summed E-state index contributed by atoms with van der Waals surface area (Å²) in [7, 11) is 0. The highest BCUT2D eigenvalue weighted by Gasteiger charge is 2.27. The standard InChI is InChI=1S/C15H20N4OS/c1-2-13-16-15(18-17-13)11-5-3-7-19(10-11)14(20)9-12-6-4-8-21-12/h4,6,8,11H,2-3,5,7,9-10H2,1H3,(H,16,17,18). The second kappa shape index (κ2) is 6.39. The van der Waals surface area contributed by atoms with Crippen LogP contribution in [0.15, 0.2) is 17.5 Å². The summed E-state index contributed by atoms with van der Waals surface area (Å²) in [6, 6.07) is 4.01. The van der Waals surface area contributed by atoms with Crippen LogP contribution >= 0.6 is 11.3 Å². The Morgan fingerprint density at radius 2 is 2.48 bits per heavy atom. The zero-order valence-corrected chi connectivity index (χ0v) is 13.0. The molecule has 0 saturated carbocycles. The number of H-pyrrole nitrogens is 1. The summed E-state index contributed by atoms with van der Waals surface area (Å²) in [4.78, 5) is 20.0. The van der Waals surface area contributed by atoms with Gasteiger partial charge in [0.1, 0.15) is 5.82 Å². The van der Waals surface area contributed by atoms with Gasteiger partial charge in [-0.2, -0.15) is 5.10 Å². The number of carbonyl (C=O) groups is 1. The van der Waals surface area contributed by atoms with Crippen molar-refractivity contribution in [3.63, 3.8) is 0 Å². The van der Waals surface area contributed by atoms with Gasteiger partial charge in [-0.15, -0.1) is 11.3 Å². The summed E-state index contributed by atoms with van der Waals surface area (Å²) in [5, 5.41) is 9.29. The number of likely N-dealkylation sites (tertiary alicyclic amines) is 1. The van der Waals surface area contributed by atoms with Crippen LogP contribution in [0.4, 0.5) is 0 Å². The van der Waals surface area contributed by atoms with Gasteiger partial charge in [0.15, 0.2) is 5.82 Å². The maximum Gasteiger partial charge on any atom is 0.227 e. The molecule has 3 rings (SSSR count). The molecule has 1 aliphatic rings. The molecule has 3 heterocycles. The van der Waals surface area contributed by atoms with E-state index in [1.165, 1.54) is 0 Å². The lowest BCUT2D eigenvalue weighted by molar-refractivity contribution is -0.131. The molecular formula is C15H20N4OS. The van der Waals surface area contributed by atoms with Gasteiger partial charge < -0.3 is 4.90 Å². The molecule has 0 aliphatic carbocycles. The van der Waals surface area contributed by atoms with Crippen LogP contribution < -0.4 is 0 Å². The molecule has 1 unspecified atom stereocenters. The molecule has 21 heavy (non-hydrogen) atoms. The smallest absolute Gasteiger partial charge is 0.227 e. The summed E-state index contributed by atoms with van der Waals surface area (Å²) in [6.45, 7) is 3.65. The third-order valence-corrected chi connectivity index (χ3v) is 4.81. The number of aromatic nitrogens is 3. The van der Waals surface area contributed by atoms with Crippen molar-refractivity contribution in [2.45, 2.75) is 38.5 Å². The zero-order chi connectivity index (χ0) is 14.7. The summed E-state index contributed by atoms with van der Waals surface area (Å²) in [5.41, 5.74) is 0. The molecule has 1 N–H and O–H groups in total. The minimum absolute atomic E-state index is 0.216. The molecule has 1 atom stereocenters. The van der Waals surface area contributed by atoms with Crippen molar-refractivity contribution in [2.75, 3.05) is 13.1 Å². The monoisotopic (exact) mass is 304 g/mol. The van der Waals surface area contributed by atoms with Crippen LogP contribution in [0.2, 0.25) is 0 Å². The van der Waals surface area contributed by atoms with E-state index in [-0.39, 0.29) is 11.8 Å². The van der Waals surface area contributed by atoms with E-state index in [1.54, 1.807) is 11.3 Å². The second-order valence-corrected chi connectivity index (χ2v) is 6.46. The van der Waals surface area contributed by atoms with Crippen molar-refractivity contribution in [2.24, 2.45) is 0 Å². The van der Waals surface area contributed by atoms with E-state index in [1.807, 2.05) is 22.4 Å². The lowest BCUT2D eigenvalue weighted by Gasteiger charge is -2.31. The van der Waals surface area contributed by atoms with Crippen LogP contribution in [0.25, 0.3) is 0 Å². The minimum atomic E-state index is 0.216. The first-order chi connectivity index (χ1) is 10.3. The Balaban J connectivity index is 1.63. The van der Waals surface area contributed by atoms with E-state index in [9.17, 15) is 4.79 Å². The Kier molecular flexibility index (Phi) is 4.34.